The summed E-state index contributed by atoms with van der Waals surface area (Å²) < 4.78 is 11.5. The molecular formula is C17H19IN2O3. The maximum absolute atomic E-state index is 11.9. The monoisotopic (exact) mass is 426 g/mol. The third kappa shape index (κ3) is 6.45. The van der Waals surface area contributed by atoms with Gasteiger partial charge in [-0.3, -0.25) is 4.79 Å². The van der Waals surface area contributed by atoms with E-state index in [1.807, 2.05) is 48.5 Å². The molecule has 0 heterocycles. The molecule has 0 bridgehead atoms. The lowest BCUT2D eigenvalue weighted by molar-refractivity contribution is -0.114. The van der Waals surface area contributed by atoms with Crippen LogP contribution in [0.1, 0.15) is 0 Å². The van der Waals surface area contributed by atoms with Crippen molar-refractivity contribution < 1.29 is 14.3 Å². The Kier molecular flexibility index (Phi) is 7.15. The Morgan fingerprint density at radius 3 is 2.30 bits per heavy atom. The highest BCUT2D eigenvalue weighted by Crippen LogP contribution is 2.16. The molecule has 0 aliphatic rings. The van der Waals surface area contributed by atoms with Crippen LogP contribution in [-0.2, 0) is 9.53 Å². The van der Waals surface area contributed by atoms with Crippen molar-refractivity contribution in [2.24, 2.45) is 0 Å². The van der Waals surface area contributed by atoms with Gasteiger partial charge in [0.05, 0.1) is 13.2 Å². The van der Waals surface area contributed by atoms with Gasteiger partial charge >= 0.3 is 0 Å². The first-order valence-electron chi connectivity index (χ1n) is 7.18. The SMILES string of the molecule is COCCOc1ccc(NC(=O)CNc2ccc(I)cc2)cc1. The summed E-state index contributed by atoms with van der Waals surface area (Å²) in [7, 11) is 1.63. The first-order chi connectivity index (χ1) is 11.2. The number of anilines is 2. The van der Waals surface area contributed by atoms with Crippen molar-refractivity contribution in [3.8, 4) is 5.75 Å². The maximum Gasteiger partial charge on any atom is 0.243 e. The molecule has 0 aliphatic carbocycles. The lowest BCUT2D eigenvalue weighted by atomic mass is 10.3. The molecule has 0 radical (unpaired) electrons. The van der Waals surface area contributed by atoms with E-state index in [0.29, 0.717) is 13.2 Å². The summed E-state index contributed by atoms with van der Waals surface area (Å²) in [4.78, 5) is 11.9. The molecule has 5 nitrogen and oxygen atoms in total. The van der Waals surface area contributed by atoms with E-state index in [0.717, 1.165) is 20.7 Å². The third-order valence-corrected chi connectivity index (χ3v) is 3.71. The standard InChI is InChI=1S/C17H19IN2O3/c1-22-10-11-23-16-8-6-15(7-9-16)20-17(21)12-19-14-4-2-13(18)3-5-14/h2-9,19H,10-12H2,1H3,(H,20,21). The Labute approximate surface area is 149 Å². The first kappa shape index (κ1) is 17.6. The molecule has 6 heteroatoms. The quantitative estimate of drug-likeness (QED) is 0.502. The number of hydrogen-bond donors (Lipinski definition) is 2. The van der Waals surface area contributed by atoms with E-state index < -0.39 is 0 Å². The minimum atomic E-state index is -0.100. The molecule has 0 saturated heterocycles. The molecule has 0 spiro atoms. The van der Waals surface area contributed by atoms with Gasteiger partial charge in [0.2, 0.25) is 5.91 Å². The number of rotatable bonds is 8. The Morgan fingerprint density at radius 2 is 1.65 bits per heavy atom. The minimum absolute atomic E-state index is 0.100. The second-order valence-corrected chi connectivity index (χ2v) is 6.02. The predicted octanol–water partition coefficient (Wildman–Crippen LogP) is 3.37. The van der Waals surface area contributed by atoms with Crippen molar-refractivity contribution in [2.45, 2.75) is 0 Å². The number of carbonyl (C=O) groups is 1. The van der Waals surface area contributed by atoms with Crippen LogP contribution >= 0.6 is 22.6 Å². The van der Waals surface area contributed by atoms with Gasteiger partial charge in [-0.2, -0.15) is 0 Å². The molecule has 122 valence electrons. The second kappa shape index (κ2) is 9.36. The number of ether oxygens (including phenoxy) is 2. The summed E-state index contributed by atoms with van der Waals surface area (Å²) in [5.74, 6) is 0.647. The topological polar surface area (TPSA) is 59.6 Å². The normalized spacial score (nSPS) is 10.2. The van der Waals surface area contributed by atoms with Gasteiger partial charge in [-0.25, -0.2) is 0 Å². The van der Waals surface area contributed by atoms with Crippen molar-refractivity contribution in [3.63, 3.8) is 0 Å². The fraction of sp³-hybridized carbons (Fsp3) is 0.235. The smallest absolute Gasteiger partial charge is 0.243 e. The van der Waals surface area contributed by atoms with Crippen LogP contribution in [0.2, 0.25) is 0 Å². The highest BCUT2D eigenvalue weighted by molar-refractivity contribution is 14.1. The summed E-state index contributed by atoms with van der Waals surface area (Å²) in [6.45, 7) is 1.26. The molecule has 2 rings (SSSR count). The van der Waals surface area contributed by atoms with Crippen LogP contribution in [-0.4, -0.2) is 32.8 Å². The molecule has 23 heavy (non-hydrogen) atoms. The Morgan fingerprint density at radius 1 is 1.00 bits per heavy atom. The Balaban J connectivity index is 1.77. The average molecular weight is 426 g/mol. The maximum atomic E-state index is 11.9. The van der Waals surface area contributed by atoms with Crippen LogP contribution in [0.25, 0.3) is 0 Å². The third-order valence-electron chi connectivity index (χ3n) is 2.99. The van der Waals surface area contributed by atoms with Crippen LogP contribution in [0.3, 0.4) is 0 Å². The lowest BCUT2D eigenvalue weighted by Gasteiger charge is -2.09. The molecule has 2 aromatic carbocycles. The molecule has 0 saturated carbocycles. The van der Waals surface area contributed by atoms with Gasteiger partial charge in [0.1, 0.15) is 12.4 Å². The molecular weight excluding hydrogens is 407 g/mol. The molecule has 1 amide bonds. The van der Waals surface area contributed by atoms with E-state index in [-0.39, 0.29) is 12.5 Å². The number of carbonyl (C=O) groups excluding carboxylic acids is 1. The van der Waals surface area contributed by atoms with Gasteiger partial charge in [-0.15, -0.1) is 0 Å². The average Bonchev–Trinajstić information content (AvgIpc) is 2.56. The van der Waals surface area contributed by atoms with Crippen molar-refractivity contribution >= 4 is 39.9 Å². The summed E-state index contributed by atoms with van der Waals surface area (Å²) in [5, 5.41) is 5.92. The van der Waals surface area contributed by atoms with Crippen LogP contribution in [0, 0.1) is 3.57 Å². The predicted molar refractivity (Wildman–Crippen MR) is 100 cm³/mol. The van der Waals surface area contributed by atoms with Crippen LogP contribution in [0.5, 0.6) is 5.75 Å². The van der Waals surface area contributed by atoms with Crippen LogP contribution in [0.15, 0.2) is 48.5 Å². The van der Waals surface area contributed by atoms with E-state index in [4.69, 9.17) is 9.47 Å². The summed E-state index contributed by atoms with van der Waals surface area (Å²) in [6.07, 6.45) is 0. The number of nitrogens with one attached hydrogen (secondary N) is 2. The van der Waals surface area contributed by atoms with Gasteiger partial charge in [0.15, 0.2) is 0 Å². The second-order valence-electron chi connectivity index (χ2n) is 4.77. The molecule has 0 aliphatic heterocycles. The first-order valence-corrected chi connectivity index (χ1v) is 8.26. The molecule has 0 fully saturated rings. The zero-order valence-electron chi connectivity index (χ0n) is 12.8. The Hall–Kier alpha value is -1.80. The van der Waals surface area contributed by atoms with Gasteiger partial charge < -0.3 is 20.1 Å². The fourth-order valence-electron chi connectivity index (χ4n) is 1.83. The van der Waals surface area contributed by atoms with E-state index in [1.54, 1.807) is 7.11 Å². The molecule has 0 atom stereocenters. The number of hydrogen-bond acceptors (Lipinski definition) is 4. The minimum Gasteiger partial charge on any atom is -0.491 e. The number of benzene rings is 2. The zero-order chi connectivity index (χ0) is 16.5. The zero-order valence-corrected chi connectivity index (χ0v) is 15.0. The molecule has 0 unspecified atom stereocenters. The highest BCUT2D eigenvalue weighted by Gasteiger charge is 2.03. The van der Waals surface area contributed by atoms with Gasteiger partial charge in [0, 0.05) is 22.1 Å². The van der Waals surface area contributed by atoms with Crippen molar-refractivity contribution in [2.75, 3.05) is 37.5 Å². The van der Waals surface area contributed by atoms with Gasteiger partial charge in [0.25, 0.3) is 0 Å². The number of methoxy groups -OCH3 is 1. The van der Waals surface area contributed by atoms with Crippen molar-refractivity contribution in [3.05, 3.63) is 52.1 Å². The highest BCUT2D eigenvalue weighted by atomic mass is 127. The molecule has 0 aromatic heterocycles. The largest absolute Gasteiger partial charge is 0.491 e. The van der Waals surface area contributed by atoms with Crippen molar-refractivity contribution in [1.82, 2.24) is 0 Å². The van der Waals surface area contributed by atoms with Gasteiger partial charge in [-0.1, -0.05) is 0 Å². The number of amides is 1. The fourth-order valence-corrected chi connectivity index (χ4v) is 2.19. The van der Waals surface area contributed by atoms with Crippen LogP contribution in [0.4, 0.5) is 11.4 Å². The Bertz CT molecular complexity index is 615. The van der Waals surface area contributed by atoms with Crippen LogP contribution < -0.4 is 15.4 Å². The van der Waals surface area contributed by atoms with E-state index in [1.165, 1.54) is 0 Å². The van der Waals surface area contributed by atoms with Gasteiger partial charge in [-0.05, 0) is 71.1 Å². The lowest BCUT2D eigenvalue weighted by Crippen LogP contribution is -2.21. The van der Waals surface area contributed by atoms with E-state index in [2.05, 4.69) is 33.2 Å². The van der Waals surface area contributed by atoms with E-state index >= 15 is 0 Å². The molecule has 2 aromatic rings. The summed E-state index contributed by atoms with van der Waals surface area (Å²) in [6, 6.07) is 15.1. The van der Waals surface area contributed by atoms with E-state index in [9.17, 15) is 4.79 Å². The number of halogens is 1. The molecule has 2 N–H and O–H groups in total. The summed E-state index contributed by atoms with van der Waals surface area (Å²) >= 11 is 2.24. The van der Waals surface area contributed by atoms with Crippen molar-refractivity contribution in [1.29, 1.82) is 0 Å². The summed E-state index contributed by atoms with van der Waals surface area (Å²) in [5.41, 5.74) is 1.65.